The molecule has 0 bridgehead atoms. The first kappa shape index (κ1) is 13.4. The van der Waals surface area contributed by atoms with Crippen molar-refractivity contribution in [1.82, 2.24) is 4.90 Å². The molecular weight excluding hydrogens is 224 g/mol. The largest absolute Gasteiger partial charge is 0.399 e. The molecule has 0 spiro atoms. The van der Waals surface area contributed by atoms with Crippen molar-refractivity contribution in [3.8, 4) is 0 Å². The first-order valence-electron chi connectivity index (χ1n) is 6.80. The molecule has 3 heteroatoms. The Labute approximate surface area is 110 Å². The van der Waals surface area contributed by atoms with E-state index >= 15 is 0 Å². The molecule has 1 aromatic rings. The average Bonchev–Trinajstić information content (AvgIpc) is 2.49. The highest BCUT2D eigenvalue weighted by Gasteiger charge is 2.27. The first-order chi connectivity index (χ1) is 8.48. The van der Waals surface area contributed by atoms with Crippen LogP contribution < -0.4 is 5.73 Å². The van der Waals surface area contributed by atoms with E-state index in [2.05, 4.69) is 17.9 Å². The standard InChI is InChI=1S/C15H24N2O/c1-12(13-5-3-6-14(16)11-13)17-9-4-7-15(2,18)8-10-17/h3,5-6,11-12,18H,4,7-10,16H2,1-2H3. The number of likely N-dealkylation sites (tertiary alicyclic amines) is 1. The lowest BCUT2D eigenvalue weighted by Gasteiger charge is -2.28. The number of benzene rings is 1. The second kappa shape index (κ2) is 5.29. The van der Waals surface area contributed by atoms with E-state index < -0.39 is 5.60 Å². The Kier molecular flexibility index (Phi) is 3.93. The molecule has 2 atom stereocenters. The molecule has 18 heavy (non-hydrogen) atoms. The maximum atomic E-state index is 10.1. The number of rotatable bonds is 2. The van der Waals surface area contributed by atoms with Crippen LogP contribution in [0.15, 0.2) is 24.3 Å². The van der Waals surface area contributed by atoms with Crippen molar-refractivity contribution in [2.75, 3.05) is 18.8 Å². The summed E-state index contributed by atoms with van der Waals surface area (Å²) >= 11 is 0. The van der Waals surface area contributed by atoms with E-state index in [1.807, 2.05) is 25.1 Å². The lowest BCUT2D eigenvalue weighted by atomic mass is 9.98. The van der Waals surface area contributed by atoms with Gasteiger partial charge in [-0.3, -0.25) is 4.90 Å². The minimum atomic E-state index is -0.496. The zero-order chi connectivity index (χ0) is 13.2. The summed E-state index contributed by atoms with van der Waals surface area (Å²) in [4.78, 5) is 2.44. The number of hydrogen-bond donors (Lipinski definition) is 2. The minimum absolute atomic E-state index is 0.363. The van der Waals surface area contributed by atoms with Gasteiger partial charge in [0.15, 0.2) is 0 Å². The number of hydrogen-bond acceptors (Lipinski definition) is 3. The van der Waals surface area contributed by atoms with Gasteiger partial charge in [-0.25, -0.2) is 0 Å². The van der Waals surface area contributed by atoms with Crippen LogP contribution in [0.4, 0.5) is 5.69 Å². The predicted molar refractivity (Wildman–Crippen MR) is 75.3 cm³/mol. The molecule has 3 N–H and O–H groups in total. The molecular formula is C15H24N2O. The number of nitrogen functional groups attached to an aromatic ring is 1. The van der Waals surface area contributed by atoms with Crippen LogP contribution in [0.25, 0.3) is 0 Å². The zero-order valence-electron chi connectivity index (χ0n) is 11.4. The van der Waals surface area contributed by atoms with Crippen LogP contribution in [0.1, 0.15) is 44.7 Å². The normalized spacial score (nSPS) is 27.7. The topological polar surface area (TPSA) is 49.5 Å². The smallest absolute Gasteiger partial charge is 0.0632 e. The Hall–Kier alpha value is -1.06. The molecule has 0 radical (unpaired) electrons. The third kappa shape index (κ3) is 3.24. The SMILES string of the molecule is CC(c1cccc(N)c1)N1CCCC(C)(O)CC1. The molecule has 100 valence electrons. The fourth-order valence-corrected chi connectivity index (χ4v) is 2.70. The molecule has 1 saturated heterocycles. The number of nitrogens with zero attached hydrogens (tertiary/aromatic N) is 1. The van der Waals surface area contributed by atoms with Crippen molar-refractivity contribution in [3.05, 3.63) is 29.8 Å². The maximum absolute atomic E-state index is 10.1. The second-order valence-corrected chi connectivity index (χ2v) is 5.73. The highest BCUT2D eigenvalue weighted by atomic mass is 16.3. The van der Waals surface area contributed by atoms with Crippen molar-refractivity contribution in [3.63, 3.8) is 0 Å². The van der Waals surface area contributed by atoms with Crippen LogP contribution in [-0.2, 0) is 0 Å². The van der Waals surface area contributed by atoms with Gasteiger partial charge in [0, 0.05) is 18.3 Å². The molecule has 0 amide bonds. The Morgan fingerprint density at radius 2 is 2.11 bits per heavy atom. The van der Waals surface area contributed by atoms with Crippen LogP contribution in [-0.4, -0.2) is 28.7 Å². The summed E-state index contributed by atoms with van der Waals surface area (Å²) in [7, 11) is 0. The van der Waals surface area contributed by atoms with Gasteiger partial charge in [-0.1, -0.05) is 12.1 Å². The summed E-state index contributed by atoms with van der Waals surface area (Å²) in [5.41, 5.74) is 7.43. The molecule has 2 unspecified atom stereocenters. The van der Waals surface area contributed by atoms with E-state index in [1.165, 1.54) is 5.56 Å². The quantitative estimate of drug-likeness (QED) is 0.791. The van der Waals surface area contributed by atoms with Crippen LogP contribution in [0.2, 0.25) is 0 Å². The lowest BCUT2D eigenvalue weighted by molar-refractivity contribution is 0.0433. The molecule has 1 aliphatic heterocycles. The van der Waals surface area contributed by atoms with Gasteiger partial charge in [-0.2, -0.15) is 0 Å². The Morgan fingerprint density at radius 3 is 2.83 bits per heavy atom. The fourth-order valence-electron chi connectivity index (χ4n) is 2.70. The summed E-state index contributed by atoms with van der Waals surface area (Å²) < 4.78 is 0. The molecule has 1 aromatic carbocycles. The van der Waals surface area contributed by atoms with E-state index in [4.69, 9.17) is 5.73 Å². The maximum Gasteiger partial charge on any atom is 0.0632 e. The van der Waals surface area contributed by atoms with Gasteiger partial charge in [-0.05, 0) is 57.4 Å². The van der Waals surface area contributed by atoms with Crippen LogP contribution >= 0.6 is 0 Å². The second-order valence-electron chi connectivity index (χ2n) is 5.73. The van der Waals surface area contributed by atoms with E-state index in [0.29, 0.717) is 6.04 Å². The van der Waals surface area contributed by atoms with E-state index in [9.17, 15) is 5.11 Å². The summed E-state index contributed by atoms with van der Waals surface area (Å²) in [6.45, 7) is 6.16. The Bertz CT molecular complexity index is 403. The van der Waals surface area contributed by atoms with Crippen molar-refractivity contribution >= 4 is 5.69 Å². The molecule has 1 aliphatic rings. The van der Waals surface area contributed by atoms with Gasteiger partial charge in [0.2, 0.25) is 0 Å². The van der Waals surface area contributed by atoms with Crippen molar-refractivity contribution in [2.24, 2.45) is 0 Å². The molecule has 2 rings (SSSR count). The summed E-state index contributed by atoms with van der Waals surface area (Å²) in [5.74, 6) is 0. The highest BCUT2D eigenvalue weighted by molar-refractivity contribution is 5.41. The van der Waals surface area contributed by atoms with Crippen LogP contribution in [0.3, 0.4) is 0 Å². The lowest BCUT2D eigenvalue weighted by Crippen LogP contribution is -2.30. The third-order valence-corrected chi connectivity index (χ3v) is 4.04. The third-order valence-electron chi connectivity index (χ3n) is 4.04. The Balaban J connectivity index is 2.07. The van der Waals surface area contributed by atoms with Gasteiger partial charge >= 0.3 is 0 Å². The molecule has 1 fully saturated rings. The molecule has 0 aliphatic carbocycles. The minimum Gasteiger partial charge on any atom is -0.399 e. The number of aliphatic hydroxyl groups is 1. The molecule has 0 saturated carbocycles. The Morgan fingerprint density at radius 1 is 1.33 bits per heavy atom. The van der Waals surface area contributed by atoms with Crippen molar-refractivity contribution in [1.29, 1.82) is 0 Å². The predicted octanol–water partition coefficient (Wildman–Crippen LogP) is 2.57. The number of nitrogens with two attached hydrogens (primary N) is 1. The van der Waals surface area contributed by atoms with Crippen molar-refractivity contribution < 1.29 is 5.11 Å². The molecule has 0 aromatic heterocycles. The average molecular weight is 248 g/mol. The summed E-state index contributed by atoms with van der Waals surface area (Å²) in [5, 5.41) is 10.1. The molecule has 1 heterocycles. The first-order valence-corrected chi connectivity index (χ1v) is 6.80. The zero-order valence-corrected chi connectivity index (χ0v) is 11.4. The summed E-state index contributed by atoms with van der Waals surface area (Å²) in [6, 6.07) is 8.47. The molecule has 3 nitrogen and oxygen atoms in total. The van der Waals surface area contributed by atoms with Crippen LogP contribution in [0, 0.1) is 0 Å². The van der Waals surface area contributed by atoms with Crippen molar-refractivity contribution in [2.45, 2.75) is 44.8 Å². The van der Waals surface area contributed by atoms with Crippen LogP contribution in [0.5, 0.6) is 0 Å². The van der Waals surface area contributed by atoms with E-state index in [0.717, 1.165) is 38.0 Å². The highest BCUT2D eigenvalue weighted by Crippen LogP contribution is 2.28. The fraction of sp³-hybridized carbons (Fsp3) is 0.600. The van der Waals surface area contributed by atoms with Gasteiger partial charge < -0.3 is 10.8 Å². The van der Waals surface area contributed by atoms with Gasteiger partial charge in [0.05, 0.1) is 5.60 Å². The number of anilines is 1. The monoisotopic (exact) mass is 248 g/mol. The van der Waals surface area contributed by atoms with Gasteiger partial charge in [0.25, 0.3) is 0 Å². The van der Waals surface area contributed by atoms with E-state index in [-0.39, 0.29) is 0 Å². The summed E-state index contributed by atoms with van der Waals surface area (Å²) in [6.07, 6.45) is 2.80. The van der Waals surface area contributed by atoms with E-state index in [1.54, 1.807) is 0 Å². The van der Waals surface area contributed by atoms with Gasteiger partial charge in [0.1, 0.15) is 0 Å². The van der Waals surface area contributed by atoms with Gasteiger partial charge in [-0.15, -0.1) is 0 Å².